The van der Waals surface area contributed by atoms with E-state index < -0.39 is 0 Å². The summed E-state index contributed by atoms with van der Waals surface area (Å²) in [5.74, 6) is 0.789. The lowest BCUT2D eigenvalue weighted by Gasteiger charge is -2.22. The smallest absolute Gasteiger partial charge is 0.255 e. The Balaban J connectivity index is 1.61. The van der Waals surface area contributed by atoms with E-state index in [0.717, 1.165) is 12.2 Å². The highest BCUT2D eigenvalue weighted by molar-refractivity contribution is 5.95. The molecule has 27 heavy (non-hydrogen) atoms. The average molecular weight is 369 g/mol. The van der Waals surface area contributed by atoms with Crippen LogP contribution in [0.3, 0.4) is 0 Å². The molecule has 0 spiro atoms. The highest BCUT2D eigenvalue weighted by Crippen LogP contribution is 2.17. The first kappa shape index (κ1) is 19.0. The Morgan fingerprint density at radius 2 is 1.48 bits per heavy atom. The summed E-state index contributed by atoms with van der Waals surface area (Å²) in [6.45, 7) is 6.35. The minimum atomic E-state index is 0.0000991. The molecule has 1 fully saturated rings. The van der Waals surface area contributed by atoms with Gasteiger partial charge in [0.1, 0.15) is 5.75 Å². The maximum Gasteiger partial charge on any atom is 0.255 e. The van der Waals surface area contributed by atoms with Gasteiger partial charge in [0, 0.05) is 51.2 Å². The van der Waals surface area contributed by atoms with Gasteiger partial charge in [-0.15, -0.1) is 0 Å². The van der Waals surface area contributed by atoms with Gasteiger partial charge < -0.3 is 19.1 Å². The molecule has 0 N–H and O–H groups in total. The third-order valence-electron chi connectivity index (χ3n) is 4.62. The van der Waals surface area contributed by atoms with Gasteiger partial charge in [0.05, 0.1) is 11.7 Å². The summed E-state index contributed by atoms with van der Waals surface area (Å²) in [4.78, 5) is 29.1. The minimum Gasteiger partial charge on any atom is -0.491 e. The molecule has 6 nitrogen and oxygen atoms in total. The van der Waals surface area contributed by atoms with Gasteiger partial charge in [0.2, 0.25) is 0 Å². The van der Waals surface area contributed by atoms with Crippen LogP contribution in [0.15, 0.2) is 42.7 Å². The number of benzene rings is 1. The van der Waals surface area contributed by atoms with Gasteiger partial charge in [0.25, 0.3) is 11.8 Å². The summed E-state index contributed by atoms with van der Waals surface area (Å²) in [6, 6.07) is 9.10. The van der Waals surface area contributed by atoms with Gasteiger partial charge in [-0.05, 0) is 50.6 Å². The van der Waals surface area contributed by atoms with Crippen molar-refractivity contribution in [3.05, 3.63) is 53.9 Å². The Bertz CT molecular complexity index is 795. The summed E-state index contributed by atoms with van der Waals surface area (Å²) >= 11 is 0. The number of carbonyl (C=O) groups is 2. The van der Waals surface area contributed by atoms with E-state index in [9.17, 15) is 9.59 Å². The molecule has 6 heteroatoms. The fourth-order valence-electron chi connectivity index (χ4n) is 3.27. The fourth-order valence-corrected chi connectivity index (χ4v) is 3.27. The van der Waals surface area contributed by atoms with Crippen molar-refractivity contribution < 1.29 is 14.3 Å². The lowest BCUT2D eigenvalue weighted by Crippen LogP contribution is -2.37. The SMILES string of the molecule is CC(C)Oc1ccc(C(=O)N2CCCN(C(=O)c3ccn(C)c3)CC2)cc1. The van der Waals surface area contributed by atoms with E-state index in [2.05, 4.69) is 0 Å². The molecule has 2 aromatic rings. The Hall–Kier alpha value is -2.76. The molecule has 3 rings (SSSR count). The zero-order valence-electron chi connectivity index (χ0n) is 16.2. The van der Waals surface area contributed by atoms with Crippen molar-refractivity contribution in [2.45, 2.75) is 26.4 Å². The lowest BCUT2D eigenvalue weighted by atomic mass is 10.2. The number of nitrogens with zero attached hydrogens (tertiary/aromatic N) is 3. The van der Waals surface area contributed by atoms with Gasteiger partial charge in [-0.3, -0.25) is 9.59 Å². The van der Waals surface area contributed by atoms with Crippen LogP contribution in [-0.2, 0) is 7.05 Å². The van der Waals surface area contributed by atoms with Gasteiger partial charge in [0.15, 0.2) is 0 Å². The fraction of sp³-hybridized carbons (Fsp3) is 0.429. The normalized spacial score (nSPS) is 15.0. The summed E-state index contributed by atoms with van der Waals surface area (Å²) < 4.78 is 7.50. The zero-order valence-corrected chi connectivity index (χ0v) is 16.2. The standard InChI is InChI=1S/C21H27N3O3/c1-16(2)27-19-7-5-17(6-8-19)20(25)23-10-4-11-24(14-13-23)21(26)18-9-12-22(3)15-18/h5-9,12,15-16H,4,10-11,13-14H2,1-3H3. The molecule has 1 aliphatic heterocycles. The van der Waals surface area contributed by atoms with Gasteiger partial charge in [-0.2, -0.15) is 0 Å². The average Bonchev–Trinajstić information content (AvgIpc) is 2.93. The predicted molar refractivity (Wildman–Crippen MR) is 104 cm³/mol. The molecule has 1 aliphatic rings. The monoisotopic (exact) mass is 369 g/mol. The van der Waals surface area contributed by atoms with E-state index in [0.29, 0.717) is 37.3 Å². The highest BCUT2D eigenvalue weighted by atomic mass is 16.5. The number of rotatable bonds is 4. The third kappa shape index (κ3) is 4.70. The van der Waals surface area contributed by atoms with Gasteiger partial charge in [-0.1, -0.05) is 0 Å². The summed E-state index contributed by atoms with van der Waals surface area (Å²) in [6.07, 6.45) is 4.58. The summed E-state index contributed by atoms with van der Waals surface area (Å²) in [7, 11) is 1.90. The molecule has 0 aliphatic carbocycles. The Labute approximate surface area is 160 Å². The molecule has 1 saturated heterocycles. The topological polar surface area (TPSA) is 54.8 Å². The van der Waals surface area contributed by atoms with Crippen LogP contribution in [0, 0.1) is 0 Å². The van der Waals surface area contributed by atoms with Crippen molar-refractivity contribution in [1.29, 1.82) is 0 Å². The molecule has 0 atom stereocenters. The first-order valence-electron chi connectivity index (χ1n) is 9.41. The summed E-state index contributed by atoms with van der Waals surface area (Å²) in [5, 5.41) is 0. The second kappa shape index (κ2) is 8.29. The Kier molecular flexibility index (Phi) is 5.84. The van der Waals surface area contributed by atoms with Crippen LogP contribution in [0.25, 0.3) is 0 Å². The van der Waals surface area contributed by atoms with Crippen LogP contribution >= 0.6 is 0 Å². The number of aryl methyl sites for hydroxylation is 1. The number of hydrogen-bond donors (Lipinski definition) is 0. The third-order valence-corrected chi connectivity index (χ3v) is 4.62. The maximum atomic E-state index is 12.8. The second-order valence-electron chi connectivity index (χ2n) is 7.19. The number of aromatic nitrogens is 1. The molecule has 2 heterocycles. The maximum absolute atomic E-state index is 12.8. The Morgan fingerprint density at radius 3 is 2.00 bits per heavy atom. The highest BCUT2D eigenvalue weighted by Gasteiger charge is 2.24. The first-order chi connectivity index (χ1) is 12.9. The largest absolute Gasteiger partial charge is 0.491 e. The van der Waals surface area contributed by atoms with Crippen LogP contribution in [-0.4, -0.2) is 58.5 Å². The van der Waals surface area contributed by atoms with Crippen LogP contribution < -0.4 is 4.74 Å². The van der Waals surface area contributed by atoms with Crippen LogP contribution in [0.4, 0.5) is 0 Å². The number of hydrogen-bond acceptors (Lipinski definition) is 3. The van der Waals surface area contributed by atoms with E-state index in [1.165, 1.54) is 0 Å². The summed E-state index contributed by atoms with van der Waals surface area (Å²) in [5.41, 5.74) is 1.34. The molecule has 0 unspecified atom stereocenters. The molecule has 0 bridgehead atoms. The van der Waals surface area contributed by atoms with Crippen LogP contribution in [0.2, 0.25) is 0 Å². The van der Waals surface area contributed by atoms with Crippen molar-refractivity contribution in [2.24, 2.45) is 7.05 Å². The first-order valence-corrected chi connectivity index (χ1v) is 9.41. The van der Waals surface area contributed by atoms with E-state index in [-0.39, 0.29) is 17.9 Å². The van der Waals surface area contributed by atoms with E-state index in [1.54, 1.807) is 12.1 Å². The molecular weight excluding hydrogens is 342 g/mol. The quantitative estimate of drug-likeness (QED) is 0.833. The van der Waals surface area contributed by atoms with Crippen molar-refractivity contribution in [3.8, 4) is 5.75 Å². The van der Waals surface area contributed by atoms with Crippen molar-refractivity contribution in [2.75, 3.05) is 26.2 Å². The van der Waals surface area contributed by atoms with E-state index >= 15 is 0 Å². The lowest BCUT2D eigenvalue weighted by molar-refractivity contribution is 0.0718. The minimum absolute atomic E-state index is 0.0000991. The number of ether oxygens (including phenoxy) is 1. The number of amides is 2. The molecule has 0 radical (unpaired) electrons. The molecule has 0 saturated carbocycles. The Morgan fingerprint density at radius 1 is 0.889 bits per heavy atom. The van der Waals surface area contributed by atoms with Crippen LogP contribution in [0.1, 0.15) is 41.0 Å². The van der Waals surface area contributed by atoms with Gasteiger partial charge >= 0.3 is 0 Å². The molecule has 144 valence electrons. The molecular formula is C21H27N3O3. The van der Waals surface area contributed by atoms with Crippen molar-refractivity contribution in [1.82, 2.24) is 14.4 Å². The predicted octanol–water partition coefficient (Wildman–Crippen LogP) is 2.80. The molecule has 2 amide bonds. The van der Waals surface area contributed by atoms with Crippen molar-refractivity contribution >= 4 is 11.8 Å². The van der Waals surface area contributed by atoms with E-state index in [4.69, 9.17) is 4.74 Å². The van der Waals surface area contributed by atoms with Gasteiger partial charge in [-0.25, -0.2) is 0 Å². The molecule has 1 aromatic heterocycles. The zero-order chi connectivity index (χ0) is 19.4. The van der Waals surface area contributed by atoms with Crippen molar-refractivity contribution in [3.63, 3.8) is 0 Å². The van der Waals surface area contributed by atoms with Crippen LogP contribution in [0.5, 0.6) is 5.75 Å². The van der Waals surface area contributed by atoms with E-state index in [1.807, 2.05) is 65.9 Å². The number of carbonyl (C=O) groups excluding carboxylic acids is 2. The molecule has 1 aromatic carbocycles. The second-order valence-corrected chi connectivity index (χ2v) is 7.19.